The molecule has 2 rings (SSSR count). The number of hydrogen-bond acceptors (Lipinski definition) is 6. The number of hydrogen-bond donors (Lipinski definition) is 1. The Labute approximate surface area is 177 Å². The maximum Gasteiger partial charge on any atom is 0.277 e. The smallest absolute Gasteiger partial charge is 0.277 e. The topological polar surface area (TPSA) is 78.4 Å². The summed E-state index contributed by atoms with van der Waals surface area (Å²) in [6.45, 7) is -0.321. The SMILES string of the molecule is COc1cc(OC)c(OC)cc1/C=N/NC(=O)COc1cc(Cl)c(Cl)cc1Cl. The molecule has 150 valence electrons. The van der Waals surface area contributed by atoms with Crippen molar-refractivity contribution in [2.24, 2.45) is 5.10 Å². The number of ether oxygens (including phenoxy) is 4. The highest BCUT2D eigenvalue weighted by atomic mass is 35.5. The molecule has 0 aliphatic heterocycles. The first-order chi connectivity index (χ1) is 13.4. The average Bonchev–Trinajstić information content (AvgIpc) is 2.69. The number of carbonyl (C=O) groups excluding carboxylic acids is 1. The number of nitrogens with zero attached hydrogens (tertiary/aromatic N) is 1. The van der Waals surface area contributed by atoms with E-state index in [1.165, 1.54) is 39.7 Å². The molecule has 0 radical (unpaired) electrons. The number of rotatable bonds is 8. The molecule has 2 aromatic rings. The molecular formula is C18H17Cl3N2O5. The molecule has 0 aliphatic rings. The van der Waals surface area contributed by atoms with Gasteiger partial charge in [0, 0.05) is 17.7 Å². The van der Waals surface area contributed by atoms with Crippen molar-refractivity contribution in [1.29, 1.82) is 0 Å². The summed E-state index contributed by atoms with van der Waals surface area (Å²) >= 11 is 17.7. The molecule has 0 saturated heterocycles. The Morgan fingerprint density at radius 3 is 2.14 bits per heavy atom. The summed E-state index contributed by atoms with van der Waals surface area (Å²) in [5.41, 5.74) is 2.92. The van der Waals surface area contributed by atoms with Crippen molar-refractivity contribution >= 4 is 46.9 Å². The molecule has 2 aromatic carbocycles. The standard InChI is InChI=1S/C18H17Cl3N2O5/c1-25-14-7-17(27-3)16(26-2)4-10(14)8-22-23-18(24)9-28-15-6-12(20)11(19)5-13(15)21/h4-8H,9H2,1-3H3,(H,23,24)/b22-8+. The molecule has 0 heterocycles. The molecule has 1 N–H and O–H groups in total. The van der Waals surface area contributed by atoms with Gasteiger partial charge in [-0.15, -0.1) is 0 Å². The number of carbonyl (C=O) groups is 1. The van der Waals surface area contributed by atoms with E-state index >= 15 is 0 Å². The Kier molecular flexibility index (Phi) is 8.04. The molecule has 0 unspecified atom stereocenters. The summed E-state index contributed by atoms with van der Waals surface area (Å²) in [4.78, 5) is 11.9. The van der Waals surface area contributed by atoms with Gasteiger partial charge >= 0.3 is 0 Å². The maximum absolute atomic E-state index is 11.9. The quantitative estimate of drug-likeness (QED) is 0.373. The van der Waals surface area contributed by atoms with Crippen LogP contribution in [0.3, 0.4) is 0 Å². The van der Waals surface area contributed by atoms with Gasteiger partial charge in [-0.3, -0.25) is 4.79 Å². The van der Waals surface area contributed by atoms with E-state index < -0.39 is 5.91 Å². The molecule has 28 heavy (non-hydrogen) atoms. The van der Waals surface area contributed by atoms with Gasteiger partial charge in [0.2, 0.25) is 0 Å². The number of nitrogens with one attached hydrogen (secondary N) is 1. The normalized spacial score (nSPS) is 10.6. The Bertz CT molecular complexity index is 890. The third kappa shape index (κ3) is 5.58. The second kappa shape index (κ2) is 10.3. The van der Waals surface area contributed by atoms with Crippen LogP contribution in [0.25, 0.3) is 0 Å². The lowest BCUT2D eigenvalue weighted by atomic mass is 10.2. The van der Waals surface area contributed by atoms with Crippen molar-refractivity contribution in [2.75, 3.05) is 27.9 Å². The van der Waals surface area contributed by atoms with Gasteiger partial charge in [-0.1, -0.05) is 34.8 Å². The van der Waals surface area contributed by atoms with E-state index in [-0.39, 0.29) is 27.4 Å². The highest BCUT2D eigenvalue weighted by Crippen LogP contribution is 2.34. The van der Waals surface area contributed by atoms with Crippen LogP contribution in [-0.2, 0) is 4.79 Å². The van der Waals surface area contributed by atoms with Crippen LogP contribution in [0.5, 0.6) is 23.0 Å². The van der Waals surface area contributed by atoms with E-state index in [0.29, 0.717) is 22.8 Å². The van der Waals surface area contributed by atoms with Crippen LogP contribution in [0.1, 0.15) is 5.56 Å². The van der Waals surface area contributed by atoms with Gasteiger partial charge < -0.3 is 18.9 Å². The first-order valence-electron chi connectivity index (χ1n) is 7.78. The van der Waals surface area contributed by atoms with Crippen molar-refractivity contribution < 1.29 is 23.7 Å². The van der Waals surface area contributed by atoms with Crippen LogP contribution >= 0.6 is 34.8 Å². The highest BCUT2D eigenvalue weighted by Gasteiger charge is 2.11. The van der Waals surface area contributed by atoms with Crippen molar-refractivity contribution in [1.82, 2.24) is 5.43 Å². The molecule has 0 bridgehead atoms. The summed E-state index contributed by atoms with van der Waals surface area (Å²) in [6.07, 6.45) is 1.41. The third-order valence-corrected chi connectivity index (χ3v) is 4.48. The van der Waals surface area contributed by atoms with Crippen LogP contribution in [0.4, 0.5) is 0 Å². The summed E-state index contributed by atoms with van der Waals surface area (Å²) in [5, 5.41) is 4.68. The first-order valence-corrected chi connectivity index (χ1v) is 8.92. The van der Waals surface area contributed by atoms with Crippen molar-refractivity contribution in [2.45, 2.75) is 0 Å². The Hall–Kier alpha value is -2.35. The molecule has 0 atom stereocenters. The molecule has 0 aromatic heterocycles. The second-order valence-electron chi connectivity index (χ2n) is 5.23. The molecule has 0 fully saturated rings. The van der Waals surface area contributed by atoms with Crippen molar-refractivity contribution in [3.8, 4) is 23.0 Å². The lowest BCUT2D eigenvalue weighted by Gasteiger charge is -2.11. The molecule has 0 saturated carbocycles. The number of amides is 1. The fourth-order valence-electron chi connectivity index (χ4n) is 2.12. The van der Waals surface area contributed by atoms with E-state index in [1.54, 1.807) is 12.1 Å². The van der Waals surface area contributed by atoms with Crippen molar-refractivity contribution in [3.05, 3.63) is 44.9 Å². The number of halogens is 3. The summed E-state index contributed by atoms with van der Waals surface area (Å²) in [7, 11) is 4.54. The molecular weight excluding hydrogens is 431 g/mol. The lowest BCUT2D eigenvalue weighted by Crippen LogP contribution is -2.24. The highest BCUT2D eigenvalue weighted by molar-refractivity contribution is 6.43. The van der Waals surface area contributed by atoms with Crippen LogP contribution < -0.4 is 24.4 Å². The van der Waals surface area contributed by atoms with Crippen LogP contribution in [-0.4, -0.2) is 40.1 Å². The summed E-state index contributed by atoms with van der Waals surface area (Å²) < 4.78 is 21.1. The monoisotopic (exact) mass is 446 g/mol. The number of benzene rings is 2. The van der Waals surface area contributed by atoms with Gasteiger partial charge in [-0.25, -0.2) is 5.43 Å². The summed E-state index contributed by atoms with van der Waals surface area (Å²) in [5.74, 6) is 1.23. The van der Waals surface area contributed by atoms with Gasteiger partial charge in [0.25, 0.3) is 5.91 Å². The third-order valence-electron chi connectivity index (χ3n) is 3.46. The van der Waals surface area contributed by atoms with E-state index in [0.717, 1.165) is 0 Å². The zero-order valence-electron chi connectivity index (χ0n) is 15.2. The number of hydrazone groups is 1. The van der Waals surface area contributed by atoms with E-state index in [4.69, 9.17) is 53.8 Å². The fourth-order valence-corrected chi connectivity index (χ4v) is 2.71. The number of methoxy groups -OCH3 is 3. The minimum atomic E-state index is -0.502. The zero-order chi connectivity index (χ0) is 20.7. The molecule has 1 amide bonds. The predicted octanol–water partition coefficient (Wildman–Crippen LogP) is 4.20. The first kappa shape index (κ1) is 21.9. The lowest BCUT2D eigenvalue weighted by molar-refractivity contribution is -0.123. The van der Waals surface area contributed by atoms with Crippen molar-refractivity contribution in [3.63, 3.8) is 0 Å². The van der Waals surface area contributed by atoms with Gasteiger partial charge in [0.15, 0.2) is 18.1 Å². The maximum atomic E-state index is 11.9. The van der Waals surface area contributed by atoms with Crippen LogP contribution in [0, 0.1) is 0 Å². The molecule has 0 spiro atoms. The average molecular weight is 448 g/mol. The van der Waals surface area contributed by atoms with Crippen LogP contribution in [0.15, 0.2) is 29.4 Å². The Morgan fingerprint density at radius 2 is 1.50 bits per heavy atom. The van der Waals surface area contributed by atoms with Gasteiger partial charge in [-0.05, 0) is 12.1 Å². The predicted molar refractivity (Wildman–Crippen MR) is 109 cm³/mol. The van der Waals surface area contributed by atoms with Gasteiger partial charge in [0.1, 0.15) is 11.5 Å². The van der Waals surface area contributed by atoms with E-state index in [1.807, 2.05) is 0 Å². The van der Waals surface area contributed by atoms with Gasteiger partial charge in [0.05, 0.1) is 42.6 Å². The fraction of sp³-hybridized carbons (Fsp3) is 0.222. The van der Waals surface area contributed by atoms with Gasteiger partial charge in [-0.2, -0.15) is 5.10 Å². The summed E-state index contributed by atoms with van der Waals surface area (Å²) in [6, 6.07) is 6.17. The van der Waals surface area contributed by atoms with E-state index in [9.17, 15) is 4.79 Å². The molecule has 10 heteroatoms. The second-order valence-corrected chi connectivity index (χ2v) is 6.45. The minimum absolute atomic E-state index is 0.233. The Balaban J connectivity index is 2.01. The molecule has 7 nitrogen and oxygen atoms in total. The Morgan fingerprint density at radius 1 is 0.893 bits per heavy atom. The largest absolute Gasteiger partial charge is 0.496 e. The van der Waals surface area contributed by atoms with Crippen LogP contribution in [0.2, 0.25) is 15.1 Å². The van der Waals surface area contributed by atoms with E-state index in [2.05, 4.69) is 10.5 Å². The zero-order valence-corrected chi connectivity index (χ0v) is 17.5. The molecule has 0 aliphatic carbocycles. The minimum Gasteiger partial charge on any atom is -0.496 e.